The summed E-state index contributed by atoms with van der Waals surface area (Å²) in [5, 5.41) is 2.95. The zero-order valence-electron chi connectivity index (χ0n) is 13.1. The smallest absolute Gasteiger partial charge is 0.224 e. The van der Waals surface area contributed by atoms with E-state index in [9.17, 15) is 4.79 Å². The molecule has 0 radical (unpaired) electrons. The summed E-state index contributed by atoms with van der Waals surface area (Å²) in [4.78, 5) is 16.3. The quantitative estimate of drug-likeness (QED) is 0.736. The highest BCUT2D eigenvalue weighted by Gasteiger charge is 2.06. The van der Waals surface area contributed by atoms with E-state index in [0.29, 0.717) is 6.42 Å². The van der Waals surface area contributed by atoms with Crippen LogP contribution in [-0.4, -0.2) is 22.0 Å². The molecule has 0 fully saturated rings. The van der Waals surface area contributed by atoms with Crippen LogP contribution in [0.2, 0.25) is 0 Å². The molecule has 0 aliphatic heterocycles. The van der Waals surface area contributed by atoms with Crippen molar-refractivity contribution < 1.29 is 4.79 Å². The summed E-state index contributed by atoms with van der Waals surface area (Å²) in [6.07, 6.45) is 8.32. The number of carbonyl (C=O) groups is 1. The van der Waals surface area contributed by atoms with E-state index in [4.69, 9.17) is 5.73 Å². The number of aromatic nitrogens is 2. The van der Waals surface area contributed by atoms with Crippen molar-refractivity contribution >= 4 is 11.6 Å². The summed E-state index contributed by atoms with van der Waals surface area (Å²) in [5.41, 5.74) is 7.26. The Morgan fingerprint density at radius 1 is 1.27 bits per heavy atom. The lowest BCUT2D eigenvalue weighted by Gasteiger charge is -2.08. The molecule has 2 rings (SSSR count). The van der Waals surface area contributed by atoms with Crippen molar-refractivity contribution in [2.75, 3.05) is 11.9 Å². The van der Waals surface area contributed by atoms with E-state index < -0.39 is 0 Å². The maximum atomic E-state index is 12.0. The molecule has 0 aliphatic rings. The normalized spacial score (nSPS) is 10.6. The SMILES string of the molecule is Cn1ccnc1-c1cccc(NC(=O)CCCCCCN)c1. The van der Waals surface area contributed by atoms with Crippen molar-refractivity contribution in [3.8, 4) is 11.4 Å². The Hall–Kier alpha value is -2.14. The number of hydrogen-bond donors (Lipinski definition) is 2. The number of aryl methyl sites for hydroxylation is 1. The fraction of sp³-hybridized carbons (Fsp3) is 0.412. The molecule has 0 aliphatic carbocycles. The van der Waals surface area contributed by atoms with E-state index in [-0.39, 0.29) is 5.91 Å². The molecular formula is C17H24N4O. The van der Waals surface area contributed by atoms with Crippen LogP contribution in [0.3, 0.4) is 0 Å². The number of nitrogens with two attached hydrogens (primary N) is 1. The summed E-state index contributed by atoms with van der Waals surface area (Å²) in [6, 6.07) is 7.78. The number of nitrogens with one attached hydrogen (secondary N) is 1. The fourth-order valence-electron chi connectivity index (χ4n) is 2.39. The third-order valence-electron chi connectivity index (χ3n) is 3.58. The lowest BCUT2D eigenvalue weighted by Crippen LogP contribution is -2.11. The maximum absolute atomic E-state index is 12.0. The average molecular weight is 300 g/mol. The summed E-state index contributed by atoms with van der Waals surface area (Å²) in [7, 11) is 1.95. The molecule has 0 unspecified atom stereocenters. The average Bonchev–Trinajstić information content (AvgIpc) is 2.93. The largest absolute Gasteiger partial charge is 0.334 e. The van der Waals surface area contributed by atoms with Gasteiger partial charge in [0.1, 0.15) is 5.82 Å². The third kappa shape index (κ3) is 4.70. The van der Waals surface area contributed by atoms with E-state index in [0.717, 1.165) is 49.3 Å². The van der Waals surface area contributed by atoms with Gasteiger partial charge in [0.05, 0.1) is 0 Å². The maximum Gasteiger partial charge on any atom is 0.224 e. The summed E-state index contributed by atoms with van der Waals surface area (Å²) in [5.74, 6) is 0.947. The van der Waals surface area contributed by atoms with Gasteiger partial charge in [-0.25, -0.2) is 4.98 Å². The van der Waals surface area contributed by atoms with E-state index in [2.05, 4.69) is 10.3 Å². The van der Waals surface area contributed by atoms with Gasteiger partial charge >= 0.3 is 0 Å². The molecule has 5 nitrogen and oxygen atoms in total. The van der Waals surface area contributed by atoms with Gasteiger partial charge in [-0.3, -0.25) is 4.79 Å². The van der Waals surface area contributed by atoms with Crippen LogP contribution in [0.5, 0.6) is 0 Å². The first-order valence-corrected chi connectivity index (χ1v) is 7.78. The lowest BCUT2D eigenvalue weighted by atomic mass is 10.1. The molecule has 0 saturated carbocycles. The van der Waals surface area contributed by atoms with Gasteiger partial charge in [0.15, 0.2) is 0 Å². The Morgan fingerprint density at radius 2 is 2.09 bits per heavy atom. The number of imidazole rings is 1. The second-order valence-corrected chi connectivity index (χ2v) is 5.44. The minimum atomic E-state index is 0.0599. The first kappa shape index (κ1) is 16.2. The first-order chi connectivity index (χ1) is 10.7. The second kappa shape index (κ2) is 8.34. The van der Waals surface area contributed by atoms with E-state index >= 15 is 0 Å². The Morgan fingerprint density at radius 3 is 2.82 bits per heavy atom. The standard InChI is InChI=1S/C17H24N4O/c1-21-12-11-19-17(21)14-7-6-8-15(13-14)20-16(22)9-4-2-3-5-10-18/h6-8,11-13H,2-5,9-10,18H2,1H3,(H,20,22). The molecule has 0 atom stereocenters. The molecule has 3 N–H and O–H groups in total. The highest BCUT2D eigenvalue weighted by Crippen LogP contribution is 2.20. The van der Waals surface area contributed by atoms with Gasteiger partial charge in [0, 0.05) is 37.1 Å². The van der Waals surface area contributed by atoms with E-state index in [1.54, 1.807) is 6.20 Å². The number of hydrogen-bond acceptors (Lipinski definition) is 3. The number of carbonyl (C=O) groups excluding carboxylic acids is 1. The number of amides is 1. The molecular weight excluding hydrogens is 276 g/mol. The van der Waals surface area contributed by atoms with E-state index in [1.807, 2.05) is 42.1 Å². The third-order valence-corrected chi connectivity index (χ3v) is 3.58. The van der Waals surface area contributed by atoms with Crippen LogP contribution in [0.1, 0.15) is 32.1 Å². The van der Waals surface area contributed by atoms with Crippen molar-refractivity contribution in [3.05, 3.63) is 36.7 Å². The Labute approximate surface area is 131 Å². The van der Waals surface area contributed by atoms with Crippen LogP contribution in [0.25, 0.3) is 11.4 Å². The highest BCUT2D eigenvalue weighted by molar-refractivity contribution is 5.91. The summed E-state index contributed by atoms with van der Waals surface area (Å²) < 4.78 is 1.96. The van der Waals surface area contributed by atoms with Crippen LogP contribution < -0.4 is 11.1 Å². The van der Waals surface area contributed by atoms with Crippen LogP contribution in [-0.2, 0) is 11.8 Å². The molecule has 0 saturated heterocycles. The molecule has 0 bridgehead atoms. The highest BCUT2D eigenvalue weighted by atomic mass is 16.1. The van der Waals surface area contributed by atoms with Gasteiger partial charge in [-0.1, -0.05) is 25.0 Å². The van der Waals surface area contributed by atoms with Crippen molar-refractivity contribution in [3.63, 3.8) is 0 Å². The number of unbranched alkanes of at least 4 members (excludes halogenated alkanes) is 3. The predicted molar refractivity (Wildman–Crippen MR) is 89.4 cm³/mol. The lowest BCUT2D eigenvalue weighted by molar-refractivity contribution is -0.116. The van der Waals surface area contributed by atoms with Crippen LogP contribution in [0, 0.1) is 0 Å². The number of benzene rings is 1. The zero-order valence-corrected chi connectivity index (χ0v) is 13.1. The molecule has 118 valence electrons. The molecule has 5 heteroatoms. The topological polar surface area (TPSA) is 72.9 Å². The van der Waals surface area contributed by atoms with Gasteiger partial charge in [0.2, 0.25) is 5.91 Å². The van der Waals surface area contributed by atoms with E-state index in [1.165, 1.54) is 0 Å². The second-order valence-electron chi connectivity index (χ2n) is 5.44. The molecule has 1 aromatic carbocycles. The molecule has 1 heterocycles. The Kier molecular flexibility index (Phi) is 6.15. The summed E-state index contributed by atoms with van der Waals surface area (Å²) >= 11 is 0. The van der Waals surface area contributed by atoms with Gasteiger partial charge in [-0.05, 0) is 31.5 Å². The fourth-order valence-corrected chi connectivity index (χ4v) is 2.39. The van der Waals surface area contributed by atoms with Crippen molar-refractivity contribution in [2.24, 2.45) is 12.8 Å². The van der Waals surface area contributed by atoms with Gasteiger partial charge in [-0.15, -0.1) is 0 Å². The number of anilines is 1. The van der Waals surface area contributed by atoms with Crippen LogP contribution >= 0.6 is 0 Å². The Bertz CT molecular complexity index is 606. The van der Waals surface area contributed by atoms with Gasteiger partial charge in [-0.2, -0.15) is 0 Å². The zero-order chi connectivity index (χ0) is 15.8. The predicted octanol–water partition coefficient (Wildman–Crippen LogP) is 2.93. The molecule has 0 spiro atoms. The molecule has 22 heavy (non-hydrogen) atoms. The van der Waals surface area contributed by atoms with Crippen LogP contribution in [0.15, 0.2) is 36.7 Å². The molecule has 1 amide bonds. The first-order valence-electron chi connectivity index (χ1n) is 7.78. The van der Waals surface area contributed by atoms with Crippen LogP contribution in [0.4, 0.5) is 5.69 Å². The number of nitrogens with zero attached hydrogens (tertiary/aromatic N) is 2. The van der Waals surface area contributed by atoms with Gasteiger partial charge in [0.25, 0.3) is 0 Å². The van der Waals surface area contributed by atoms with Crippen molar-refractivity contribution in [1.82, 2.24) is 9.55 Å². The molecule has 2 aromatic rings. The van der Waals surface area contributed by atoms with Crippen molar-refractivity contribution in [1.29, 1.82) is 0 Å². The molecule has 1 aromatic heterocycles. The monoisotopic (exact) mass is 300 g/mol. The number of rotatable bonds is 8. The van der Waals surface area contributed by atoms with Gasteiger partial charge < -0.3 is 15.6 Å². The summed E-state index contributed by atoms with van der Waals surface area (Å²) in [6.45, 7) is 0.728. The minimum Gasteiger partial charge on any atom is -0.334 e. The minimum absolute atomic E-state index is 0.0599. The van der Waals surface area contributed by atoms with Crippen molar-refractivity contribution in [2.45, 2.75) is 32.1 Å². The Balaban J connectivity index is 1.88.